The molecule has 22 heavy (non-hydrogen) atoms. The van der Waals surface area contributed by atoms with E-state index in [1.807, 2.05) is 0 Å². The summed E-state index contributed by atoms with van der Waals surface area (Å²) in [5, 5.41) is 2.93. The van der Waals surface area contributed by atoms with E-state index in [2.05, 4.69) is 5.32 Å². The molecule has 1 amide bonds. The lowest BCUT2D eigenvalue weighted by molar-refractivity contribution is -0.137. The molecule has 0 aliphatic heterocycles. The van der Waals surface area contributed by atoms with Crippen molar-refractivity contribution in [2.24, 2.45) is 0 Å². The quantitative estimate of drug-likeness (QED) is 0.914. The molecule has 3 nitrogen and oxygen atoms in total. The van der Waals surface area contributed by atoms with Crippen LogP contribution in [-0.4, -0.2) is 18.1 Å². The second kappa shape index (κ2) is 7.03. The number of nitrogens with one attached hydrogen (secondary N) is 1. The first-order valence-electron chi connectivity index (χ1n) is 7.50. The second-order valence-corrected chi connectivity index (χ2v) is 5.63. The van der Waals surface area contributed by atoms with Crippen LogP contribution in [0.4, 0.5) is 13.2 Å². The monoisotopic (exact) mass is 315 g/mol. The predicted octanol–water partition coefficient (Wildman–Crippen LogP) is 3.92. The third kappa shape index (κ3) is 4.64. The summed E-state index contributed by atoms with van der Waals surface area (Å²) in [7, 11) is 0. The Bertz CT molecular complexity index is 493. The average Bonchev–Trinajstić information content (AvgIpc) is 2.48. The largest absolute Gasteiger partial charge is 0.481 e. The van der Waals surface area contributed by atoms with Crippen LogP contribution in [-0.2, 0) is 11.0 Å². The summed E-state index contributed by atoms with van der Waals surface area (Å²) >= 11 is 0. The van der Waals surface area contributed by atoms with E-state index >= 15 is 0 Å². The standard InChI is InChI=1S/C16H20F3NO2/c1-11(15(21)20-13-5-3-2-4-6-13)22-14-9-7-12(8-10-14)16(17,18)19/h7-11,13H,2-6H2,1H3,(H,20,21)/t11-/m0/s1. The Morgan fingerprint density at radius 3 is 2.32 bits per heavy atom. The van der Waals surface area contributed by atoms with E-state index in [1.54, 1.807) is 6.92 Å². The summed E-state index contributed by atoms with van der Waals surface area (Å²) in [6.07, 6.45) is 0.251. The van der Waals surface area contributed by atoms with Crippen LogP contribution in [0.5, 0.6) is 5.75 Å². The van der Waals surface area contributed by atoms with Gasteiger partial charge >= 0.3 is 6.18 Å². The number of alkyl halides is 3. The van der Waals surface area contributed by atoms with Gasteiger partial charge in [0.25, 0.3) is 5.91 Å². The molecule has 0 saturated heterocycles. The summed E-state index contributed by atoms with van der Waals surface area (Å²) in [4.78, 5) is 12.0. The lowest BCUT2D eigenvalue weighted by Gasteiger charge is -2.24. The van der Waals surface area contributed by atoms with Crippen molar-refractivity contribution in [3.8, 4) is 5.75 Å². The third-order valence-electron chi connectivity index (χ3n) is 3.82. The lowest BCUT2D eigenvalue weighted by Crippen LogP contribution is -2.43. The van der Waals surface area contributed by atoms with Gasteiger partial charge in [0.2, 0.25) is 0 Å². The van der Waals surface area contributed by atoms with Crippen molar-refractivity contribution in [2.75, 3.05) is 0 Å². The highest BCUT2D eigenvalue weighted by molar-refractivity contribution is 5.81. The summed E-state index contributed by atoms with van der Waals surface area (Å²) in [6.45, 7) is 1.59. The lowest BCUT2D eigenvalue weighted by atomic mass is 9.95. The number of hydrogen-bond donors (Lipinski definition) is 1. The van der Waals surface area contributed by atoms with Gasteiger partial charge in [0.15, 0.2) is 6.10 Å². The second-order valence-electron chi connectivity index (χ2n) is 5.63. The number of rotatable bonds is 4. The number of ether oxygens (including phenoxy) is 1. The molecule has 0 unspecified atom stereocenters. The van der Waals surface area contributed by atoms with E-state index in [4.69, 9.17) is 4.74 Å². The molecule has 2 rings (SSSR count). The summed E-state index contributed by atoms with van der Waals surface area (Å²) in [5.41, 5.74) is -0.737. The molecule has 0 aromatic heterocycles. The van der Waals surface area contributed by atoms with Gasteiger partial charge in [0.1, 0.15) is 5.75 Å². The number of carbonyl (C=O) groups excluding carboxylic acids is 1. The minimum absolute atomic E-state index is 0.180. The van der Waals surface area contributed by atoms with Crippen LogP contribution in [0.25, 0.3) is 0 Å². The van der Waals surface area contributed by atoms with Crippen LogP contribution < -0.4 is 10.1 Å². The zero-order valence-corrected chi connectivity index (χ0v) is 12.5. The molecule has 1 atom stereocenters. The van der Waals surface area contributed by atoms with E-state index in [-0.39, 0.29) is 17.7 Å². The molecule has 6 heteroatoms. The molecule has 1 aliphatic carbocycles. The fourth-order valence-corrected chi connectivity index (χ4v) is 2.55. The zero-order valence-electron chi connectivity index (χ0n) is 12.5. The Morgan fingerprint density at radius 2 is 1.77 bits per heavy atom. The Labute approximate surface area is 127 Å². The number of hydrogen-bond acceptors (Lipinski definition) is 2. The van der Waals surface area contributed by atoms with Crippen molar-refractivity contribution in [1.29, 1.82) is 0 Å². The van der Waals surface area contributed by atoms with Crippen LogP contribution in [0.3, 0.4) is 0 Å². The maximum Gasteiger partial charge on any atom is 0.416 e. The van der Waals surface area contributed by atoms with Gasteiger partial charge in [0.05, 0.1) is 5.56 Å². The molecule has 0 heterocycles. The SMILES string of the molecule is C[C@H](Oc1ccc(C(F)(F)F)cc1)C(=O)NC1CCCCC1. The number of halogens is 3. The van der Waals surface area contributed by atoms with E-state index < -0.39 is 17.8 Å². The summed E-state index contributed by atoms with van der Waals surface area (Å²) in [6, 6.07) is 4.53. The van der Waals surface area contributed by atoms with Gasteiger partial charge in [-0.05, 0) is 44.0 Å². The van der Waals surface area contributed by atoms with E-state index in [9.17, 15) is 18.0 Å². The normalized spacial score (nSPS) is 17.8. The van der Waals surface area contributed by atoms with Crippen molar-refractivity contribution in [3.05, 3.63) is 29.8 Å². The molecule has 1 saturated carbocycles. The first-order chi connectivity index (χ1) is 10.4. The van der Waals surface area contributed by atoms with Crippen molar-refractivity contribution in [1.82, 2.24) is 5.32 Å². The van der Waals surface area contributed by atoms with Crippen LogP contribution in [0.15, 0.2) is 24.3 Å². The van der Waals surface area contributed by atoms with Crippen molar-refractivity contribution >= 4 is 5.91 Å². The Kier molecular flexibility index (Phi) is 5.32. The fraction of sp³-hybridized carbons (Fsp3) is 0.562. The zero-order chi connectivity index (χ0) is 16.2. The minimum atomic E-state index is -4.37. The number of benzene rings is 1. The smallest absolute Gasteiger partial charge is 0.416 e. The molecule has 0 radical (unpaired) electrons. The van der Waals surface area contributed by atoms with E-state index in [1.165, 1.54) is 18.6 Å². The molecule has 0 spiro atoms. The molecule has 0 bridgehead atoms. The number of carbonyl (C=O) groups is 1. The average molecular weight is 315 g/mol. The third-order valence-corrected chi connectivity index (χ3v) is 3.82. The van der Waals surface area contributed by atoms with Crippen molar-refractivity contribution in [2.45, 2.75) is 57.3 Å². The van der Waals surface area contributed by atoms with Crippen molar-refractivity contribution in [3.63, 3.8) is 0 Å². The van der Waals surface area contributed by atoms with Gasteiger partial charge < -0.3 is 10.1 Å². The summed E-state index contributed by atoms with van der Waals surface area (Å²) in [5.74, 6) is 0.0195. The van der Waals surface area contributed by atoms with Gasteiger partial charge in [-0.15, -0.1) is 0 Å². The first kappa shape index (κ1) is 16.6. The topological polar surface area (TPSA) is 38.3 Å². The van der Waals surface area contributed by atoms with E-state index in [0.29, 0.717) is 0 Å². The van der Waals surface area contributed by atoms with Gasteiger partial charge in [-0.3, -0.25) is 4.79 Å². The van der Waals surface area contributed by atoms with E-state index in [0.717, 1.165) is 37.8 Å². The highest BCUT2D eigenvalue weighted by atomic mass is 19.4. The van der Waals surface area contributed by atoms with Gasteiger partial charge in [-0.2, -0.15) is 13.2 Å². The van der Waals surface area contributed by atoms with Gasteiger partial charge in [0, 0.05) is 6.04 Å². The summed E-state index contributed by atoms with van der Waals surface area (Å²) < 4.78 is 42.8. The number of amides is 1. The first-order valence-corrected chi connectivity index (χ1v) is 7.50. The fourth-order valence-electron chi connectivity index (χ4n) is 2.55. The minimum Gasteiger partial charge on any atom is -0.481 e. The van der Waals surface area contributed by atoms with Crippen LogP contribution in [0, 0.1) is 0 Å². The molecule has 122 valence electrons. The molecule has 1 fully saturated rings. The maximum atomic E-state index is 12.5. The molecule has 1 aliphatic rings. The van der Waals surface area contributed by atoms with Crippen LogP contribution in [0.1, 0.15) is 44.6 Å². The molecule has 1 aromatic carbocycles. The molecule has 1 aromatic rings. The van der Waals surface area contributed by atoms with Crippen LogP contribution in [0.2, 0.25) is 0 Å². The van der Waals surface area contributed by atoms with Crippen molar-refractivity contribution < 1.29 is 22.7 Å². The Morgan fingerprint density at radius 1 is 1.18 bits per heavy atom. The Hall–Kier alpha value is -1.72. The Balaban J connectivity index is 1.87. The maximum absolute atomic E-state index is 12.5. The highest BCUT2D eigenvalue weighted by Gasteiger charge is 2.30. The highest BCUT2D eigenvalue weighted by Crippen LogP contribution is 2.30. The van der Waals surface area contributed by atoms with Crippen LogP contribution >= 0.6 is 0 Å². The van der Waals surface area contributed by atoms with Gasteiger partial charge in [-0.25, -0.2) is 0 Å². The van der Waals surface area contributed by atoms with Gasteiger partial charge in [-0.1, -0.05) is 19.3 Å². The molecule has 1 N–H and O–H groups in total. The molecular weight excluding hydrogens is 295 g/mol. The molecular formula is C16H20F3NO2. The predicted molar refractivity (Wildman–Crippen MR) is 76.5 cm³/mol.